The molecule has 1 N–H and O–H groups in total. The Morgan fingerprint density at radius 3 is 2.25 bits per heavy atom. The lowest BCUT2D eigenvalue weighted by Crippen LogP contribution is -2.47. The fourth-order valence-electron chi connectivity index (χ4n) is 2.22. The maximum Gasteiger partial charge on any atom is 0.408 e. The maximum absolute atomic E-state index is 12.2. The molecule has 0 spiro atoms. The van der Waals surface area contributed by atoms with E-state index in [1.165, 1.54) is 0 Å². The largest absolute Gasteiger partial charge is 0.464 e. The highest BCUT2D eigenvalue weighted by Crippen LogP contribution is 2.10. The molecule has 1 aromatic carbocycles. The van der Waals surface area contributed by atoms with E-state index in [2.05, 4.69) is 5.32 Å². The van der Waals surface area contributed by atoms with Crippen LogP contribution in [0.25, 0.3) is 0 Å². The summed E-state index contributed by atoms with van der Waals surface area (Å²) in [5, 5.41) is 2.53. The minimum absolute atomic E-state index is 0.0679. The number of esters is 2. The van der Waals surface area contributed by atoms with Crippen molar-refractivity contribution < 1.29 is 28.6 Å². The summed E-state index contributed by atoms with van der Waals surface area (Å²) in [6, 6.07) is 8.57. The van der Waals surface area contributed by atoms with Gasteiger partial charge in [0.2, 0.25) is 0 Å². The van der Waals surface area contributed by atoms with E-state index in [0.717, 1.165) is 5.56 Å². The molecular formula is C21H31NO6. The van der Waals surface area contributed by atoms with Gasteiger partial charge in [-0.15, -0.1) is 0 Å². The number of alkyl carbamates (subject to hydrolysis) is 1. The molecule has 1 unspecified atom stereocenters. The van der Waals surface area contributed by atoms with Gasteiger partial charge in [-0.05, 0) is 38.7 Å². The van der Waals surface area contributed by atoms with Crippen LogP contribution in [0.15, 0.2) is 30.3 Å². The number of carbonyl (C=O) groups excluding carboxylic acids is 3. The van der Waals surface area contributed by atoms with Gasteiger partial charge in [0.05, 0.1) is 6.61 Å². The van der Waals surface area contributed by atoms with Crippen LogP contribution in [-0.4, -0.2) is 36.3 Å². The van der Waals surface area contributed by atoms with Gasteiger partial charge in [-0.2, -0.15) is 0 Å². The predicted molar refractivity (Wildman–Crippen MR) is 104 cm³/mol. The molecule has 0 radical (unpaired) electrons. The minimum atomic E-state index is -0.820. The van der Waals surface area contributed by atoms with Crippen molar-refractivity contribution in [1.82, 2.24) is 5.32 Å². The number of hydrogen-bond acceptors (Lipinski definition) is 6. The minimum Gasteiger partial charge on any atom is -0.464 e. The maximum atomic E-state index is 12.2. The Morgan fingerprint density at radius 2 is 1.68 bits per heavy atom. The molecule has 1 atom stereocenters. The lowest BCUT2D eigenvalue weighted by molar-refractivity contribution is -0.150. The van der Waals surface area contributed by atoms with Crippen molar-refractivity contribution in [2.24, 2.45) is 5.92 Å². The molecule has 0 fully saturated rings. The normalized spacial score (nSPS) is 12.2. The molecule has 0 heterocycles. The first kappa shape index (κ1) is 23.5. The molecule has 0 saturated heterocycles. The van der Waals surface area contributed by atoms with Gasteiger partial charge in [-0.1, -0.05) is 44.2 Å². The molecule has 7 heteroatoms. The third kappa shape index (κ3) is 9.94. The highest BCUT2D eigenvalue weighted by atomic mass is 16.6. The predicted octanol–water partition coefficient (Wildman–Crippen LogP) is 3.60. The standard InChI is InChI=1S/C21H31NO6/c1-15(2)18(22-20(25)28-21(3,4)5)19(24)26-13-9-12-17(23)27-14-16-10-7-6-8-11-16/h6-8,10-11,15,18H,9,12-14H2,1-5H3,(H,22,25). The Hall–Kier alpha value is -2.57. The highest BCUT2D eigenvalue weighted by Gasteiger charge is 2.28. The molecule has 156 valence electrons. The summed E-state index contributed by atoms with van der Waals surface area (Å²) in [4.78, 5) is 35.9. The zero-order chi connectivity index (χ0) is 21.2. The lowest BCUT2D eigenvalue weighted by atomic mass is 10.1. The summed E-state index contributed by atoms with van der Waals surface area (Å²) in [6.07, 6.45) is -0.185. The third-order valence-corrected chi connectivity index (χ3v) is 3.61. The number of nitrogens with one attached hydrogen (secondary N) is 1. The zero-order valence-electron chi connectivity index (χ0n) is 17.3. The van der Waals surface area contributed by atoms with Crippen molar-refractivity contribution in [3.63, 3.8) is 0 Å². The molecule has 1 aromatic rings. The summed E-state index contributed by atoms with van der Waals surface area (Å²) < 4.78 is 15.5. The summed E-state index contributed by atoms with van der Waals surface area (Å²) in [5.41, 5.74) is 0.255. The van der Waals surface area contributed by atoms with E-state index >= 15 is 0 Å². The first-order valence-corrected chi connectivity index (χ1v) is 9.44. The van der Waals surface area contributed by atoms with E-state index in [1.54, 1.807) is 34.6 Å². The fraction of sp³-hybridized carbons (Fsp3) is 0.571. The third-order valence-electron chi connectivity index (χ3n) is 3.61. The summed E-state index contributed by atoms with van der Waals surface area (Å²) in [5.74, 6) is -1.08. The molecule has 1 rings (SSSR count). The van der Waals surface area contributed by atoms with E-state index in [9.17, 15) is 14.4 Å². The van der Waals surface area contributed by atoms with Crippen molar-refractivity contribution >= 4 is 18.0 Å². The number of hydrogen-bond donors (Lipinski definition) is 1. The summed E-state index contributed by atoms with van der Waals surface area (Å²) in [6.45, 7) is 9.10. The second kappa shape index (κ2) is 11.3. The Balaban J connectivity index is 2.32. The summed E-state index contributed by atoms with van der Waals surface area (Å²) >= 11 is 0. The molecule has 28 heavy (non-hydrogen) atoms. The number of amides is 1. The van der Waals surface area contributed by atoms with Crippen LogP contribution in [0.2, 0.25) is 0 Å². The van der Waals surface area contributed by atoms with Crippen molar-refractivity contribution in [3.8, 4) is 0 Å². The average Bonchev–Trinajstić information content (AvgIpc) is 2.60. The Bertz CT molecular complexity index is 636. The number of carbonyl (C=O) groups is 3. The zero-order valence-corrected chi connectivity index (χ0v) is 17.3. The molecule has 0 aromatic heterocycles. The Labute approximate surface area is 166 Å². The Kier molecular flexibility index (Phi) is 9.48. The van der Waals surface area contributed by atoms with Crippen LogP contribution in [-0.2, 0) is 30.4 Å². The van der Waals surface area contributed by atoms with Crippen LogP contribution < -0.4 is 5.32 Å². The van der Waals surface area contributed by atoms with Gasteiger partial charge < -0.3 is 19.5 Å². The Morgan fingerprint density at radius 1 is 1.04 bits per heavy atom. The van der Waals surface area contributed by atoms with Crippen LogP contribution in [0.4, 0.5) is 4.79 Å². The first-order valence-electron chi connectivity index (χ1n) is 9.44. The monoisotopic (exact) mass is 393 g/mol. The molecule has 0 aliphatic heterocycles. The average molecular weight is 393 g/mol. The van der Waals surface area contributed by atoms with Gasteiger partial charge in [0.25, 0.3) is 0 Å². The van der Waals surface area contributed by atoms with Crippen LogP contribution in [0.1, 0.15) is 53.0 Å². The molecular weight excluding hydrogens is 362 g/mol. The van der Waals surface area contributed by atoms with Gasteiger partial charge in [0.15, 0.2) is 0 Å². The van der Waals surface area contributed by atoms with Crippen molar-refractivity contribution in [3.05, 3.63) is 35.9 Å². The van der Waals surface area contributed by atoms with E-state index in [-0.39, 0.29) is 31.5 Å². The van der Waals surface area contributed by atoms with Gasteiger partial charge in [-0.3, -0.25) is 4.79 Å². The fourth-order valence-corrected chi connectivity index (χ4v) is 2.22. The molecule has 0 bridgehead atoms. The quantitative estimate of drug-likeness (QED) is 0.392. The number of benzene rings is 1. The van der Waals surface area contributed by atoms with Crippen LogP contribution in [0.3, 0.4) is 0 Å². The molecule has 1 amide bonds. The van der Waals surface area contributed by atoms with Crippen LogP contribution in [0.5, 0.6) is 0 Å². The topological polar surface area (TPSA) is 90.9 Å². The lowest BCUT2D eigenvalue weighted by Gasteiger charge is -2.24. The molecule has 0 aliphatic carbocycles. The van der Waals surface area contributed by atoms with Crippen LogP contribution >= 0.6 is 0 Å². The van der Waals surface area contributed by atoms with Crippen molar-refractivity contribution in [2.75, 3.05) is 6.61 Å². The highest BCUT2D eigenvalue weighted by molar-refractivity contribution is 5.81. The van der Waals surface area contributed by atoms with E-state index in [4.69, 9.17) is 14.2 Å². The molecule has 0 saturated carbocycles. The van der Waals surface area contributed by atoms with Gasteiger partial charge in [0.1, 0.15) is 18.2 Å². The van der Waals surface area contributed by atoms with Gasteiger partial charge in [-0.25, -0.2) is 9.59 Å². The molecule has 7 nitrogen and oxygen atoms in total. The van der Waals surface area contributed by atoms with Gasteiger partial charge >= 0.3 is 18.0 Å². The van der Waals surface area contributed by atoms with E-state index in [0.29, 0.717) is 6.42 Å². The SMILES string of the molecule is CC(C)C(NC(=O)OC(C)(C)C)C(=O)OCCCC(=O)OCc1ccccc1. The summed E-state index contributed by atoms with van der Waals surface area (Å²) in [7, 11) is 0. The van der Waals surface area contributed by atoms with Crippen molar-refractivity contribution in [2.45, 2.75) is 65.7 Å². The first-order chi connectivity index (χ1) is 13.1. The number of rotatable bonds is 9. The van der Waals surface area contributed by atoms with Crippen molar-refractivity contribution in [1.29, 1.82) is 0 Å². The second-order valence-corrected chi connectivity index (χ2v) is 7.79. The van der Waals surface area contributed by atoms with E-state index < -0.39 is 23.7 Å². The second-order valence-electron chi connectivity index (χ2n) is 7.79. The smallest absolute Gasteiger partial charge is 0.408 e. The van der Waals surface area contributed by atoms with Crippen LogP contribution in [0, 0.1) is 5.92 Å². The number of ether oxygens (including phenoxy) is 3. The van der Waals surface area contributed by atoms with Gasteiger partial charge in [0, 0.05) is 6.42 Å². The molecule has 0 aliphatic rings. The van der Waals surface area contributed by atoms with E-state index in [1.807, 2.05) is 30.3 Å².